The second-order valence-corrected chi connectivity index (χ2v) is 3.86. The highest BCUT2D eigenvalue weighted by molar-refractivity contribution is 5.37. The third-order valence-corrected chi connectivity index (χ3v) is 2.80. The molecule has 0 saturated heterocycles. The summed E-state index contributed by atoms with van der Waals surface area (Å²) in [5.74, 6) is 1.03. The minimum atomic E-state index is -0.210. The van der Waals surface area contributed by atoms with Crippen LogP contribution in [0.5, 0.6) is 5.75 Å². The number of nitrogens with two attached hydrogens (primary N) is 1. The molecule has 0 fully saturated rings. The van der Waals surface area contributed by atoms with E-state index in [1.165, 1.54) is 0 Å². The van der Waals surface area contributed by atoms with Crippen LogP contribution in [-0.4, -0.2) is 24.9 Å². The minimum Gasteiger partial charge on any atom is -0.496 e. The van der Waals surface area contributed by atoms with Gasteiger partial charge in [0, 0.05) is 6.04 Å². The van der Waals surface area contributed by atoms with Crippen molar-refractivity contribution in [3.8, 4) is 5.75 Å². The normalized spacial score (nSPS) is 14.7. The van der Waals surface area contributed by atoms with E-state index in [4.69, 9.17) is 15.6 Å². The fraction of sp³-hybridized carbons (Fsp3) is 0.500. The number of aliphatic hydroxyl groups excluding tert-OH is 1. The number of hydrogen-bond acceptors (Lipinski definition) is 3. The molecule has 3 nitrogen and oxygen atoms in total. The molecule has 15 heavy (non-hydrogen) atoms. The lowest BCUT2D eigenvalue weighted by atomic mass is 9.93. The topological polar surface area (TPSA) is 55.5 Å². The first-order chi connectivity index (χ1) is 7.10. The summed E-state index contributed by atoms with van der Waals surface area (Å²) in [5, 5.41) is 8.99. The lowest BCUT2D eigenvalue weighted by Crippen LogP contribution is -2.30. The van der Waals surface area contributed by atoms with Crippen LogP contribution in [0.1, 0.15) is 24.0 Å². The van der Waals surface area contributed by atoms with Gasteiger partial charge in [0.25, 0.3) is 0 Å². The molecular weight excluding hydrogens is 190 g/mol. The lowest BCUT2D eigenvalue weighted by molar-refractivity contribution is 0.252. The fourth-order valence-electron chi connectivity index (χ4n) is 1.59. The zero-order chi connectivity index (χ0) is 11.4. The minimum absolute atomic E-state index is 0.00619. The summed E-state index contributed by atoms with van der Waals surface area (Å²) in [5.41, 5.74) is 8.01. The third-order valence-electron chi connectivity index (χ3n) is 2.80. The molecule has 3 N–H and O–H groups in total. The second-order valence-electron chi connectivity index (χ2n) is 3.86. The van der Waals surface area contributed by atoms with Crippen molar-refractivity contribution in [2.24, 2.45) is 5.73 Å². The average Bonchev–Trinajstić information content (AvgIpc) is 2.26. The van der Waals surface area contributed by atoms with Crippen LogP contribution < -0.4 is 10.5 Å². The average molecular weight is 209 g/mol. The van der Waals surface area contributed by atoms with Crippen LogP contribution in [0.3, 0.4) is 0 Å². The molecule has 0 bridgehead atoms. The first-order valence-electron chi connectivity index (χ1n) is 5.11. The van der Waals surface area contributed by atoms with Gasteiger partial charge in [0.2, 0.25) is 0 Å². The van der Waals surface area contributed by atoms with Crippen LogP contribution in [0.15, 0.2) is 18.2 Å². The molecule has 2 atom stereocenters. The maximum absolute atomic E-state index is 8.99. The Morgan fingerprint density at radius 3 is 2.60 bits per heavy atom. The van der Waals surface area contributed by atoms with E-state index in [0.717, 1.165) is 16.9 Å². The smallest absolute Gasteiger partial charge is 0.121 e. The van der Waals surface area contributed by atoms with E-state index in [1.807, 2.05) is 26.0 Å². The Kier molecular flexibility index (Phi) is 4.12. The molecule has 0 amide bonds. The van der Waals surface area contributed by atoms with Gasteiger partial charge >= 0.3 is 0 Å². The van der Waals surface area contributed by atoms with Crippen molar-refractivity contribution in [3.05, 3.63) is 29.3 Å². The maximum atomic E-state index is 8.99. The number of aryl methyl sites for hydroxylation is 1. The van der Waals surface area contributed by atoms with Gasteiger partial charge < -0.3 is 15.6 Å². The standard InChI is InChI=1S/C12H19NO2/c1-8-6-10(4-5-12(8)15-3)9(2)11(13)7-14/h4-6,9,11,14H,7,13H2,1-3H3. The molecule has 1 aromatic rings. The molecule has 84 valence electrons. The molecule has 0 radical (unpaired) electrons. The molecule has 0 aliphatic heterocycles. The van der Waals surface area contributed by atoms with E-state index in [-0.39, 0.29) is 18.6 Å². The molecule has 2 unspecified atom stereocenters. The Balaban J connectivity index is 2.92. The molecule has 0 aliphatic carbocycles. The van der Waals surface area contributed by atoms with Crippen molar-refractivity contribution < 1.29 is 9.84 Å². The van der Waals surface area contributed by atoms with Crippen LogP contribution in [0.4, 0.5) is 0 Å². The number of methoxy groups -OCH3 is 1. The number of benzene rings is 1. The highest BCUT2D eigenvalue weighted by Crippen LogP contribution is 2.24. The van der Waals surface area contributed by atoms with Crippen molar-refractivity contribution in [3.63, 3.8) is 0 Å². The Morgan fingerprint density at radius 2 is 2.13 bits per heavy atom. The maximum Gasteiger partial charge on any atom is 0.121 e. The SMILES string of the molecule is COc1ccc(C(C)C(N)CO)cc1C. The van der Waals surface area contributed by atoms with E-state index in [9.17, 15) is 0 Å². The van der Waals surface area contributed by atoms with E-state index in [2.05, 4.69) is 6.07 Å². The first kappa shape index (κ1) is 12.0. The molecule has 0 spiro atoms. The molecule has 3 heteroatoms. The van der Waals surface area contributed by atoms with Crippen molar-refractivity contribution in [1.82, 2.24) is 0 Å². The molecule has 1 rings (SSSR count). The van der Waals surface area contributed by atoms with E-state index in [0.29, 0.717) is 0 Å². The van der Waals surface area contributed by atoms with E-state index >= 15 is 0 Å². The first-order valence-corrected chi connectivity index (χ1v) is 5.11. The van der Waals surface area contributed by atoms with Crippen LogP contribution in [0.25, 0.3) is 0 Å². The number of hydrogen-bond donors (Lipinski definition) is 2. The summed E-state index contributed by atoms with van der Waals surface area (Å²) in [6, 6.07) is 5.77. The zero-order valence-corrected chi connectivity index (χ0v) is 9.53. The van der Waals surface area contributed by atoms with Crippen LogP contribution in [-0.2, 0) is 0 Å². The highest BCUT2D eigenvalue weighted by Gasteiger charge is 2.14. The molecular formula is C12H19NO2. The van der Waals surface area contributed by atoms with Crippen molar-refractivity contribution in [2.45, 2.75) is 25.8 Å². The van der Waals surface area contributed by atoms with Crippen molar-refractivity contribution >= 4 is 0 Å². The molecule has 0 saturated carbocycles. The predicted octanol–water partition coefficient (Wildman–Crippen LogP) is 1.43. The number of ether oxygens (including phenoxy) is 1. The van der Waals surface area contributed by atoms with Crippen LogP contribution >= 0.6 is 0 Å². The van der Waals surface area contributed by atoms with Gasteiger partial charge in [0.15, 0.2) is 0 Å². The van der Waals surface area contributed by atoms with Gasteiger partial charge in [-0.2, -0.15) is 0 Å². The van der Waals surface area contributed by atoms with Gasteiger partial charge in [-0.1, -0.05) is 19.1 Å². The van der Waals surface area contributed by atoms with Gasteiger partial charge in [0.1, 0.15) is 5.75 Å². The van der Waals surface area contributed by atoms with Gasteiger partial charge in [-0.25, -0.2) is 0 Å². The Morgan fingerprint density at radius 1 is 1.47 bits per heavy atom. The van der Waals surface area contributed by atoms with Crippen LogP contribution in [0.2, 0.25) is 0 Å². The number of aliphatic hydroxyl groups is 1. The Bertz CT molecular complexity index is 325. The quantitative estimate of drug-likeness (QED) is 0.788. The summed E-state index contributed by atoms with van der Waals surface area (Å²) in [6.45, 7) is 4.02. The van der Waals surface area contributed by atoms with Gasteiger partial charge in [-0.3, -0.25) is 0 Å². The molecule has 0 heterocycles. The van der Waals surface area contributed by atoms with Crippen molar-refractivity contribution in [2.75, 3.05) is 13.7 Å². The number of rotatable bonds is 4. The summed E-state index contributed by atoms with van der Waals surface area (Å²) in [6.07, 6.45) is 0. The van der Waals surface area contributed by atoms with Gasteiger partial charge in [-0.15, -0.1) is 0 Å². The highest BCUT2D eigenvalue weighted by atomic mass is 16.5. The largest absolute Gasteiger partial charge is 0.496 e. The van der Waals surface area contributed by atoms with E-state index in [1.54, 1.807) is 7.11 Å². The molecule has 1 aromatic carbocycles. The fourth-order valence-corrected chi connectivity index (χ4v) is 1.59. The predicted molar refractivity (Wildman–Crippen MR) is 61.2 cm³/mol. The Hall–Kier alpha value is -1.06. The summed E-state index contributed by atoms with van der Waals surface area (Å²) in [4.78, 5) is 0. The summed E-state index contributed by atoms with van der Waals surface area (Å²) in [7, 11) is 1.66. The second kappa shape index (κ2) is 5.14. The molecule has 0 aromatic heterocycles. The third kappa shape index (κ3) is 2.70. The van der Waals surface area contributed by atoms with Crippen LogP contribution in [0, 0.1) is 6.92 Å². The lowest BCUT2D eigenvalue weighted by Gasteiger charge is -2.19. The van der Waals surface area contributed by atoms with Gasteiger partial charge in [-0.05, 0) is 30.0 Å². The Labute approximate surface area is 90.9 Å². The van der Waals surface area contributed by atoms with E-state index < -0.39 is 0 Å². The van der Waals surface area contributed by atoms with Gasteiger partial charge in [0.05, 0.1) is 13.7 Å². The monoisotopic (exact) mass is 209 g/mol. The zero-order valence-electron chi connectivity index (χ0n) is 9.53. The van der Waals surface area contributed by atoms with Crippen molar-refractivity contribution in [1.29, 1.82) is 0 Å². The summed E-state index contributed by atoms with van der Waals surface area (Å²) < 4.78 is 5.19. The summed E-state index contributed by atoms with van der Waals surface area (Å²) >= 11 is 0. The molecule has 0 aliphatic rings.